The first-order valence-electron chi connectivity index (χ1n) is 9.03. The van der Waals surface area contributed by atoms with Gasteiger partial charge in [-0.15, -0.1) is 10.2 Å². The Bertz CT molecular complexity index is 745. The number of rotatable bonds is 4. The number of benzene rings is 1. The molecule has 2 aliphatic rings. The molecule has 140 valence electrons. The second kappa shape index (κ2) is 8.29. The van der Waals surface area contributed by atoms with E-state index in [0.717, 1.165) is 54.9 Å². The van der Waals surface area contributed by atoms with Crippen LogP contribution in [0.2, 0.25) is 0 Å². The number of hydrogen-bond donors (Lipinski definition) is 0. The van der Waals surface area contributed by atoms with Crippen LogP contribution in [0.1, 0.15) is 12.8 Å². The first-order chi connectivity index (χ1) is 12.7. The minimum absolute atomic E-state index is 0.266. The van der Waals surface area contributed by atoms with Crippen molar-refractivity contribution in [3.05, 3.63) is 28.5 Å². The van der Waals surface area contributed by atoms with Crippen LogP contribution >= 0.6 is 27.3 Å². The predicted molar refractivity (Wildman–Crippen MR) is 105 cm³/mol. The summed E-state index contributed by atoms with van der Waals surface area (Å²) in [5.41, 5.74) is 0.501. The maximum atomic E-state index is 14.1. The van der Waals surface area contributed by atoms with E-state index in [0.29, 0.717) is 10.6 Å². The Labute approximate surface area is 165 Å². The molecule has 0 aliphatic carbocycles. The lowest BCUT2D eigenvalue weighted by Gasteiger charge is -2.36. The Morgan fingerprint density at radius 1 is 1.15 bits per heavy atom. The zero-order valence-corrected chi connectivity index (χ0v) is 16.9. The standard InChI is InChI=1S/C18H22BrFN4OS/c19-14-1-2-16(20)15(11-14)17-21-22-18(26-17)24-7-5-23(6-8-24)12-13-3-9-25-10-4-13/h1-2,11,13H,3-10,12H2. The van der Waals surface area contributed by atoms with Crippen LogP contribution in [0.4, 0.5) is 9.52 Å². The Balaban J connectivity index is 1.36. The van der Waals surface area contributed by atoms with Crippen LogP contribution in [-0.2, 0) is 4.74 Å². The monoisotopic (exact) mass is 440 g/mol. The molecule has 1 aromatic heterocycles. The molecule has 0 saturated carbocycles. The molecule has 1 aromatic carbocycles. The summed E-state index contributed by atoms with van der Waals surface area (Å²) >= 11 is 4.85. The second-order valence-corrected chi connectivity index (χ2v) is 8.73. The largest absolute Gasteiger partial charge is 0.381 e. The summed E-state index contributed by atoms with van der Waals surface area (Å²) in [5.74, 6) is 0.500. The van der Waals surface area contributed by atoms with Crippen molar-refractivity contribution in [2.45, 2.75) is 12.8 Å². The van der Waals surface area contributed by atoms with Gasteiger partial charge in [0.25, 0.3) is 0 Å². The van der Waals surface area contributed by atoms with Crippen molar-refractivity contribution in [1.29, 1.82) is 0 Å². The third-order valence-electron chi connectivity index (χ3n) is 5.07. The topological polar surface area (TPSA) is 41.5 Å². The second-order valence-electron chi connectivity index (χ2n) is 6.86. The molecule has 26 heavy (non-hydrogen) atoms. The van der Waals surface area contributed by atoms with Crippen LogP contribution in [0.5, 0.6) is 0 Å². The van der Waals surface area contributed by atoms with E-state index in [-0.39, 0.29) is 5.82 Å². The van der Waals surface area contributed by atoms with Crippen molar-refractivity contribution in [3.63, 3.8) is 0 Å². The van der Waals surface area contributed by atoms with Gasteiger partial charge in [0.2, 0.25) is 5.13 Å². The lowest BCUT2D eigenvalue weighted by molar-refractivity contribution is 0.0517. The van der Waals surface area contributed by atoms with Crippen molar-refractivity contribution in [1.82, 2.24) is 15.1 Å². The van der Waals surface area contributed by atoms with Gasteiger partial charge in [-0.25, -0.2) is 4.39 Å². The van der Waals surface area contributed by atoms with Crippen molar-refractivity contribution in [2.75, 3.05) is 50.8 Å². The number of hydrogen-bond acceptors (Lipinski definition) is 6. The first-order valence-corrected chi connectivity index (χ1v) is 10.6. The van der Waals surface area contributed by atoms with Gasteiger partial charge in [-0.3, -0.25) is 4.90 Å². The van der Waals surface area contributed by atoms with Crippen molar-refractivity contribution in [2.24, 2.45) is 5.92 Å². The molecule has 4 rings (SSSR count). The van der Waals surface area contributed by atoms with Crippen LogP contribution in [-0.4, -0.2) is 61.0 Å². The van der Waals surface area contributed by atoms with Gasteiger partial charge < -0.3 is 9.64 Å². The Kier molecular flexibility index (Phi) is 5.83. The van der Waals surface area contributed by atoms with Crippen LogP contribution in [0.3, 0.4) is 0 Å². The lowest BCUT2D eigenvalue weighted by Crippen LogP contribution is -2.48. The van der Waals surface area contributed by atoms with E-state index < -0.39 is 0 Å². The van der Waals surface area contributed by atoms with Crippen molar-refractivity contribution >= 4 is 32.4 Å². The van der Waals surface area contributed by atoms with Gasteiger partial charge in [0.05, 0.1) is 0 Å². The molecule has 2 fully saturated rings. The van der Waals surface area contributed by atoms with Gasteiger partial charge in [0.15, 0.2) is 5.01 Å². The molecular formula is C18H22BrFN4OS. The number of nitrogens with zero attached hydrogens (tertiary/aromatic N) is 4. The molecule has 0 radical (unpaired) electrons. The van der Waals surface area contributed by atoms with E-state index in [1.54, 1.807) is 12.1 Å². The minimum Gasteiger partial charge on any atom is -0.381 e. The SMILES string of the molecule is Fc1ccc(Br)cc1-c1nnc(N2CCN(CC3CCOCC3)CC2)s1. The van der Waals surface area contributed by atoms with Gasteiger partial charge >= 0.3 is 0 Å². The van der Waals surface area contributed by atoms with E-state index in [2.05, 4.69) is 35.9 Å². The van der Waals surface area contributed by atoms with E-state index >= 15 is 0 Å². The van der Waals surface area contributed by atoms with Gasteiger partial charge in [-0.1, -0.05) is 27.3 Å². The van der Waals surface area contributed by atoms with Crippen LogP contribution in [0.25, 0.3) is 10.6 Å². The average Bonchev–Trinajstić information content (AvgIpc) is 3.15. The van der Waals surface area contributed by atoms with E-state index in [1.807, 2.05) is 0 Å². The number of piperazine rings is 1. The summed E-state index contributed by atoms with van der Waals surface area (Å²) in [6, 6.07) is 4.90. The third-order valence-corrected chi connectivity index (χ3v) is 6.58. The number of anilines is 1. The summed E-state index contributed by atoms with van der Waals surface area (Å²) in [5, 5.41) is 10.0. The van der Waals surface area contributed by atoms with E-state index in [9.17, 15) is 4.39 Å². The van der Waals surface area contributed by atoms with Crippen LogP contribution in [0.15, 0.2) is 22.7 Å². The quantitative estimate of drug-likeness (QED) is 0.725. The third kappa shape index (κ3) is 4.24. The molecule has 0 bridgehead atoms. The van der Waals surface area contributed by atoms with Crippen LogP contribution < -0.4 is 4.90 Å². The Morgan fingerprint density at radius 2 is 1.92 bits per heavy atom. The minimum atomic E-state index is -0.266. The predicted octanol–water partition coefficient (Wildman–Crippen LogP) is 3.66. The Hall–Kier alpha value is -1.09. The zero-order chi connectivity index (χ0) is 17.9. The normalized spacial score (nSPS) is 19.8. The maximum Gasteiger partial charge on any atom is 0.208 e. The molecule has 0 spiro atoms. The zero-order valence-electron chi connectivity index (χ0n) is 14.5. The Morgan fingerprint density at radius 3 is 2.69 bits per heavy atom. The molecule has 2 aromatic rings. The molecule has 8 heteroatoms. The van der Waals surface area contributed by atoms with E-state index in [1.165, 1.54) is 36.8 Å². The van der Waals surface area contributed by atoms with E-state index in [4.69, 9.17) is 4.74 Å². The summed E-state index contributed by atoms with van der Waals surface area (Å²) in [7, 11) is 0. The van der Waals surface area contributed by atoms with Crippen LogP contribution in [0, 0.1) is 11.7 Å². The first kappa shape index (κ1) is 18.3. The molecule has 2 aliphatic heterocycles. The number of halogens is 2. The van der Waals surface area contributed by atoms with Crippen molar-refractivity contribution < 1.29 is 9.13 Å². The smallest absolute Gasteiger partial charge is 0.208 e. The molecule has 0 N–H and O–H groups in total. The van der Waals surface area contributed by atoms with Crippen molar-refractivity contribution in [3.8, 4) is 10.6 Å². The van der Waals surface area contributed by atoms with Gasteiger partial charge in [0, 0.05) is 56.0 Å². The molecular weight excluding hydrogens is 419 g/mol. The molecule has 2 saturated heterocycles. The summed E-state index contributed by atoms with van der Waals surface area (Å²) < 4.78 is 20.4. The van der Waals surface area contributed by atoms with Gasteiger partial charge in [-0.2, -0.15) is 0 Å². The summed E-state index contributed by atoms with van der Waals surface area (Å²) in [4.78, 5) is 4.81. The highest BCUT2D eigenvalue weighted by Crippen LogP contribution is 2.32. The summed E-state index contributed by atoms with van der Waals surface area (Å²) in [6.07, 6.45) is 2.36. The maximum absolute atomic E-state index is 14.1. The fourth-order valence-corrected chi connectivity index (χ4v) is 4.80. The molecule has 3 heterocycles. The molecule has 0 unspecified atom stereocenters. The average molecular weight is 441 g/mol. The van der Waals surface area contributed by atoms with Gasteiger partial charge in [0.1, 0.15) is 5.82 Å². The summed E-state index contributed by atoms with van der Waals surface area (Å²) in [6.45, 7) is 6.95. The fraction of sp³-hybridized carbons (Fsp3) is 0.556. The molecule has 0 atom stereocenters. The highest BCUT2D eigenvalue weighted by Gasteiger charge is 2.24. The highest BCUT2D eigenvalue weighted by atomic mass is 79.9. The fourth-order valence-electron chi connectivity index (χ4n) is 3.53. The molecule has 5 nitrogen and oxygen atoms in total. The molecule has 0 amide bonds. The van der Waals surface area contributed by atoms with Gasteiger partial charge in [-0.05, 0) is 37.0 Å². The number of aromatic nitrogens is 2. The number of ether oxygens (including phenoxy) is 1. The highest BCUT2D eigenvalue weighted by molar-refractivity contribution is 9.10. The lowest BCUT2D eigenvalue weighted by atomic mass is 9.99.